The van der Waals surface area contributed by atoms with Crippen LogP contribution in [0.1, 0.15) is 31.0 Å². The summed E-state index contributed by atoms with van der Waals surface area (Å²) < 4.78 is 5.03. The highest BCUT2D eigenvalue weighted by molar-refractivity contribution is 6.24. The number of hydrogen-bond acceptors (Lipinski definition) is 6. The van der Waals surface area contributed by atoms with E-state index >= 15 is 0 Å². The highest BCUT2D eigenvalue weighted by Gasteiger charge is 2.63. The van der Waals surface area contributed by atoms with Crippen molar-refractivity contribution in [3.05, 3.63) is 65.9 Å². The SMILES string of the molecule is CC(=O)Oc1ccc(N2C(=O)[C@@H]3[C@H](C2=O)[C@@H]2c4ccccc4C=CN2[C@H]3C(C)=O)cc1. The second-order valence-corrected chi connectivity index (χ2v) is 8.04. The van der Waals surface area contributed by atoms with Gasteiger partial charge in [-0.2, -0.15) is 0 Å². The third-order valence-electron chi connectivity index (χ3n) is 6.23. The molecule has 3 heterocycles. The van der Waals surface area contributed by atoms with E-state index < -0.39 is 23.8 Å². The number of ketones is 1. The lowest BCUT2D eigenvalue weighted by Gasteiger charge is -2.34. The van der Waals surface area contributed by atoms with E-state index in [9.17, 15) is 19.2 Å². The smallest absolute Gasteiger partial charge is 0.308 e. The monoisotopic (exact) mass is 416 g/mol. The van der Waals surface area contributed by atoms with Crippen LogP contribution in [0.2, 0.25) is 0 Å². The zero-order valence-corrected chi connectivity index (χ0v) is 17.0. The number of imide groups is 1. The summed E-state index contributed by atoms with van der Waals surface area (Å²) >= 11 is 0. The van der Waals surface area contributed by atoms with Crippen molar-refractivity contribution in [2.24, 2.45) is 11.8 Å². The third-order valence-corrected chi connectivity index (χ3v) is 6.23. The largest absolute Gasteiger partial charge is 0.427 e. The van der Waals surface area contributed by atoms with Gasteiger partial charge in [-0.15, -0.1) is 0 Å². The number of carbonyl (C=O) groups is 4. The lowest BCUT2D eigenvalue weighted by molar-refractivity contribution is -0.132. The molecule has 0 radical (unpaired) electrons. The topological polar surface area (TPSA) is 84.0 Å². The molecule has 0 N–H and O–H groups in total. The summed E-state index contributed by atoms with van der Waals surface area (Å²) in [6.07, 6.45) is 3.75. The number of rotatable bonds is 3. The van der Waals surface area contributed by atoms with Crippen molar-refractivity contribution in [2.75, 3.05) is 4.90 Å². The van der Waals surface area contributed by atoms with E-state index in [0.29, 0.717) is 11.4 Å². The predicted molar refractivity (Wildman–Crippen MR) is 112 cm³/mol. The molecule has 3 aliphatic rings. The number of carbonyl (C=O) groups excluding carboxylic acids is 4. The lowest BCUT2D eigenvalue weighted by Crippen LogP contribution is -2.43. The molecule has 4 atom stereocenters. The Morgan fingerprint density at radius 1 is 0.903 bits per heavy atom. The van der Waals surface area contributed by atoms with Gasteiger partial charge in [-0.05, 0) is 48.4 Å². The molecule has 0 unspecified atom stereocenters. The van der Waals surface area contributed by atoms with Crippen molar-refractivity contribution in [3.8, 4) is 5.75 Å². The standard InChI is InChI=1S/C24H20N2O5/c1-13(27)21-19-20(22-18-6-4-3-5-15(18)11-12-25(21)22)24(30)26(23(19)29)16-7-9-17(10-8-16)31-14(2)28/h3-12,19-22H,1-2H3/t19-,20+,21+,22+/m1/s1. The number of nitrogens with zero attached hydrogens (tertiary/aromatic N) is 2. The molecule has 0 saturated carbocycles. The predicted octanol–water partition coefficient (Wildman–Crippen LogP) is 2.72. The van der Waals surface area contributed by atoms with Crippen LogP contribution in [0.5, 0.6) is 5.75 Å². The summed E-state index contributed by atoms with van der Waals surface area (Å²) in [5, 5.41) is 0. The average molecular weight is 416 g/mol. The Morgan fingerprint density at radius 2 is 1.58 bits per heavy atom. The quantitative estimate of drug-likeness (QED) is 0.435. The van der Waals surface area contributed by atoms with Gasteiger partial charge in [0.2, 0.25) is 11.8 Å². The van der Waals surface area contributed by atoms with Gasteiger partial charge in [0.25, 0.3) is 0 Å². The first-order valence-corrected chi connectivity index (χ1v) is 10.1. The molecule has 2 amide bonds. The van der Waals surface area contributed by atoms with E-state index in [1.54, 1.807) is 24.3 Å². The molecule has 2 aromatic rings. The van der Waals surface area contributed by atoms with Gasteiger partial charge in [-0.3, -0.25) is 19.2 Å². The number of esters is 1. The molecule has 0 spiro atoms. The van der Waals surface area contributed by atoms with Crippen molar-refractivity contribution < 1.29 is 23.9 Å². The molecule has 2 aromatic carbocycles. The fraction of sp³-hybridized carbons (Fsp3) is 0.250. The molecule has 0 bridgehead atoms. The molecule has 7 heteroatoms. The second kappa shape index (κ2) is 6.91. The van der Waals surface area contributed by atoms with Crippen LogP contribution >= 0.6 is 0 Å². The van der Waals surface area contributed by atoms with Gasteiger partial charge in [0, 0.05) is 13.1 Å². The van der Waals surface area contributed by atoms with Crippen molar-refractivity contribution in [3.63, 3.8) is 0 Å². The molecule has 0 aliphatic carbocycles. The maximum Gasteiger partial charge on any atom is 0.308 e. The van der Waals surface area contributed by atoms with E-state index in [1.165, 1.54) is 18.7 Å². The fourth-order valence-corrected chi connectivity index (χ4v) is 5.11. The number of hydrogen-bond donors (Lipinski definition) is 0. The highest BCUT2D eigenvalue weighted by atomic mass is 16.5. The van der Waals surface area contributed by atoms with Gasteiger partial charge >= 0.3 is 5.97 Å². The van der Waals surface area contributed by atoms with Crippen molar-refractivity contribution >= 4 is 35.3 Å². The highest BCUT2D eigenvalue weighted by Crippen LogP contribution is 2.53. The number of anilines is 1. The molecule has 2 fully saturated rings. The number of benzene rings is 2. The molecular weight excluding hydrogens is 396 g/mol. The minimum absolute atomic E-state index is 0.144. The van der Waals surface area contributed by atoms with Crippen LogP contribution in [-0.4, -0.2) is 34.5 Å². The number of amides is 2. The molecule has 2 saturated heterocycles. The van der Waals surface area contributed by atoms with Gasteiger partial charge < -0.3 is 9.64 Å². The van der Waals surface area contributed by atoms with Gasteiger partial charge in [0.05, 0.1) is 29.6 Å². The minimum Gasteiger partial charge on any atom is -0.427 e. The summed E-state index contributed by atoms with van der Waals surface area (Å²) in [5.41, 5.74) is 2.32. The first-order valence-electron chi connectivity index (χ1n) is 10.1. The van der Waals surface area contributed by atoms with Crippen molar-refractivity contribution in [1.29, 1.82) is 0 Å². The Kier molecular flexibility index (Phi) is 4.28. The lowest BCUT2D eigenvalue weighted by atomic mass is 9.84. The number of Topliss-reactive ketones (excluding diaryl/α,β-unsaturated/α-hetero) is 1. The minimum atomic E-state index is -0.751. The average Bonchev–Trinajstić information content (AvgIpc) is 3.21. The van der Waals surface area contributed by atoms with E-state index in [2.05, 4.69) is 0 Å². The van der Waals surface area contributed by atoms with Gasteiger partial charge in [0.15, 0.2) is 5.78 Å². The van der Waals surface area contributed by atoms with Crippen LogP contribution in [0.15, 0.2) is 54.7 Å². The van der Waals surface area contributed by atoms with Gasteiger partial charge in [-0.1, -0.05) is 24.3 Å². The summed E-state index contributed by atoms with van der Waals surface area (Å²) in [4.78, 5) is 53.8. The maximum absolute atomic E-state index is 13.6. The van der Waals surface area contributed by atoms with Gasteiger partial charge in [-0.25, -0.2) is 4.90 Å². The van der Waals surface area contributed by atoms with Crippen LogP contribution in [-0.2, 0) is 19.2 Å². The van der Waals surface area contributed by atoms with Crippen LogP contribution in [0.3, 0.4) is 0 Å². The summed E-state index contributed by atoms with van der Waals surface area (Å²) in [5.74, 6) is -2.37. The normalized spacial score (nSPS) is 25.9. The molecular formula is C24H20N2O5. The number of ether oxygens (including phenoxy) is 1. The summed E-state index contributed by atoms with van der Waals surface area (Å²) in [6, 6.07) is 12.9. The molecule has 156 valence electrons. The zero-order chi connectivity index (χ0) is 21.9. The van der Waals surface area contributed by atoms with Crippen molar-refractivity contribution in [2.45, 2.75) is 25.9 Å². The molecule has 31 heavy (non-hydrogen) atoms. The Balaban J connectivity index is 1.56. The van der Waals surface area contributed by atoms with Gasteiger partial charge in [0.1, 0.15) is 5.75 Å². The molecule has 5 rings (SSSR count). The molecule has 3 aliphatic heterocycles. The van der Waals surface area contributed by atoms with Crippen LogP contribution in [0.4, 0.5) is 5.69 Å². The van der Waals surface area contributed by atoms with E-state index in [4.69, 9.17) is 4.74 Å². The first-order chi connectivity index (χ1) is 14.9. The Morgan fingerprint density at radius 3 is 2.26 bits per heavy atom. The second-order valence-electron chi connectivity index (χ2n) is 8.04. The van der Waals surface area contributed by atoms with E-state index in [1.807, 2.05) is 41.4 Å². The van der Waals surface area contributed by atoms with Crippen LogP contribution < -0.4 is 9.64 Å². The number of fused-ring (bicyclic) bond motifs is 5. The summed E-state index contributed by atoms with van der Waals surface area (Å²) in [7, 11) is 0. The fourth-order valence-electron chi connectivity index (χ4n) is 5.11. The van der Waals surface area contributed by atoms with Crippen LogP contribution in [0.25, 0.3) is 6.08 Å². The Bertz CT molecular complexity index is 1150. The molecule has 7 nitrogen and oxygen atoms in total. The molecule has 0 aromatic heterocycles. The van der Waals surface area contributed by atoms with E-state index in [-0.39, 0.29) is 23.6 Å². The maximum atomic E-state index is 13.6. The van der Waals surface area contributed by atoms with E-state index in [0.717, 1.165) is 11.1 Å². The summed E-state index contributed by atoms with van der Waals surface area (Å²) in [6.45, 7) is 2.76. The Labute approximate surface area is 178 Å². The zero-order valence-electron chi connectivity index (χ0n) is 17.0. The van der Waals surface area contributed by atoms with Crippen molar-refractivity contribution in [1.82, 2.24) is 4.90 Å². The third kappa shape index (κ3) is 2.80. The Hall–Kier alpha value is -3.74. The van der Waals surface area contributed by atoms with Crippen LogP contribution in [0, 0.1) is 11.8 Å². The first kappa shape index (κ1) is 19.2.